The average molecular weight is 256 g/mol. The maximum atomic E-state index is 11.0. The molecule has 4 heteroatoms. The zero-order valence-electron chi connectivity index (χ0n) is 10.8. The molecular weight excluding hydrogens is 240 g/mol. The Morgan fingerprint density at radius 3 is 2.53 bits per heavy atom. The molecule has 1 aromatic heterocycles. The van der Waals surface area contributed by atoms with Gasteiger partial charge in [-0.15, -0.1) is 0 Å². The normalized spacial score (nSPS) is 10.2. The third kappa shape index (κ3) is 3.31. The average Bonchev–Trinajstić information content (AvgIpc) is 2.46. The molecule has 0 aliphatic rings. The van der Waals surface area contributed by atoms with Crippen LogP contribution in [-0.4, -0.2) is 16.1 Å². The summed E-state index contributed by atoms with van der Waals surface area (Å²) in [5.74, 6) is -0.577. The zero-order chi connectivity index (χ0) is 13.7. The number of nitrogens with one attached hydrogen (secondary N) is 1. The molecule has 0 spiro atoms. The van der Waals surface area contributed by atoms with Crippen molar-refractivity contribution in [2.24, 2.45) is 0 Å². The van der Waals surface area contributed by atoms with Gasteiger partial charge in [-0.3, -0.25) is 0 Å². The molecule has 1 heterocycles. The molecule has 19 heavy (non-hydrogen) atoms. The van der Waals surface area contributed by atoms with Crippen molar-refractivity contribution in [3.8, 4) is 0 Å². The van der Waals surface area contributed by atoms with Gasteiger partial charge >= 0.3 is 5.97 Å². The summed E-state index contributed by atoms with van der Waals surface area (Å²) in [6.45, 7) is 2.67. The van der Waals surface area contributed by atoms with Gasteiger partial charge in [0.25, 0.3) is 0 Å². The largest absolute Gasteiger partial charge is 0.478 e. The number of carbonyl (C=O) groups is 1. The SMILES string of the molecule is CCc1ccc(CNc2ncccc2C(=O)O)cc1. The molecule has 0 aliphatic heterocycles. The maximum Gasteiger partial charge on any atom is 0.339 e. The monoisotopic (exact) mass is 256 g/mol. The van der Waals surface area contributed by atoms with Crippen molar-refractivity contribution in [2.75, 3.05) is 5.32 Å². The molecule has 0 bridgehead atoms. The van der Waals surface area contributed by atoms with Crippen LogP contribution in [0, 0.1) is 0 Å². The number of carboxylic acid groups (broad SMARTS) is 1. The van der Waals surface area contributed by atoms with Gasteiger partial charge in [-0.05, 0) is 29.7 Å². The summed E-state index contributed by atoms with van der Waals surface area (Å²) in [4.78, 5) is 15.1. The number of hydrogen-bond acceptors (Lipinski definition) is 3. The fourth-order valence-corrected chi connectivity index (χ4v) is 1.80. The third-order valence-electron chi connectivity index (χ3n) is 2.93. The highest BCUT2D eigenvalue weighted by atomic mass is 16.4. The van der Waals surface area contributed by atoms with E-state index >= 15 is 0 Å². The van der Waals surface area contributed by atoms with Crippen molar-refractivity contribution >= 4 is 11.8 Å². The number of nitrogens with zero attached hydrogens (tertiary/aromatic N) is 1. The second kappa shape index (κ2) is 6.00. The van der Waals surface area contributed by atoms with Crippen molar-refractivity contribution in [1.29, 1.82) is 0 Å². The summed E-state index contributed by atoms with van der Waals surface area (Å²) >= 11 is 0. The van der Waals surface area contributed by atoms with Crippen molar-refractivity contribution in [3.63, 3.8) is 0 Å². The second-order valence-electron chi connectivity index (χ2n) is 4.23. The van der Waals surface area contributed by atoms with E-state index in [0.29, 0.717) is 12.4 Å². The number of rotatable bonds is 5. The quantitative estimate of drug-likeness (QED) is 0.863. The number of carboxylic acids is 1. The summed E-state index contributed by atoms with van der Waals surface area (Å²) in [6.07, 6.45) is 2.59. The number of pyridine rings is 1. The van der Waals surface area contributed by atoms with Gasteiger partial charge in [0.2, 0.25) is 0 Å². The van der Waals surface area contributed by atoms with E-state index in [-0.39, 0.29) is 5.56 Å². The van der Waals surface area contributed by atoms with Gasteiger partial charge in [-0.2, -0.15) is 0 Å². The molecule has 2 aromatic rings. The standard InChI is InChI=1S/C15H16N2O2/c1-2-11-5-7-12(8-6-11)10-17-14-13(15(18)19)4-3-9-16-14/h3-9H,2,10H2,1H3,(H,16,17)(H,18,19). The van der Waals surface area contributed by atoms with Gasteiger partial charge in [-0.25, -0.2) is 9.78 Å². The van der Waals surface area contributed by atoms with Crippen molar-refractivity contribution < 1.29 is 9.90 Å². The van der Waals surface area contributed by atoms with E-state index in [9.17, 15) is 4.79 Å². The Morgan fingerprint density at radius 1 is 1.21 bits per heavy atom. The highest BCUT2D eigenvalue weighted by Gasteiger charge is 2.09. The van der Waals surface area contributed by atoms with Gasteiger partial charge in [0.1, 0.15) is 11.4 Å². The molecule has 0 amide bonds. The van der Waals surface area contributed by atoms with Gasteiger partial charge in [0.05, 0.1) is 0 Å². The van der Waals surface area contributed by atoms with Gasteiger partial charge < -0.3 is 10.4 Å². The van der Waals surface area contributed by atoms with Gasteiger partial charge in [0, 0.05) is 12.7 Å². The van der Waals surface area contributed by atoms with Crippen molar-refractivity contribution in [3.05, 3.63) is 59.3 Å². The van der Waals surface area contributed by atoms with Crippen LogP contribution in [-0.2, 0) is 13.0 Å². The zero-order valence-corrected chi connectivity index (χ0v) is 10.8. The third-order valence-corrected chi connectivity index (χ3v) is 2.93. The summed E-state index contributed by atoms with van der Waals surface area (Å²) in [5.41, 5.74) is 2.57. The van der Waals surface area contributed by atoms with Crippen LogP contribution in [0.4, 0.5) is 5.82 Å². The Bertz CT molecular complexity index is 565. The number of hydrogen-bond donors (Lipinski definition) is 2. The molecule has 0 atom stereocenters. The maximum absolute atomic E-state index is 11.0. The van der Waals surface area contributed by atoms with E-state index in [1.807, 2.05) is 12.1 Å². The van der Waals surface area contributed by atoms with Crippen LogP contribution >= 0.6 is 0 Å². The van der Waals surface area contributed by atoms with E-state index < -0.39 is 5.97 Å². The summed E-state index contributed by atoms with van der Waals surface area (Å²) in [7, 11) is 0. The Hall–Kier alpha value is -2.36. The van der Waals surface area contributed by atoms with E-state index in [2.05, 4.69) is 29.4 Å². The molecule has 0 saturated carbocycles. The van der Waals surface area contributed by atoms with Crippen LogP contribution in [0.3, 0.4) is 0 Å². The molecule has 2 N–H and O–H groups in total. The van der Waals surface area contributed by atoms with E-state index in [1.54, 1.807) is 12.3 Å². The summed E-state index contributed by atoms with van der Waals surface area (Å²) < 4.78 is 0. The number of aromatic carboxylic acids is 1. The fourth-order valence-electron chi connectivity index (χ4n) is 1.80. The molecule has 1 aromatic carbocycles. The van der Waals surface area contributed by atoms with Gasteiger partial charge in [0.15, 0.2) is 0 Å². The predicted octanol–water partition coefficient (Wildman–Crippen LogP) is 2.95. The van der Waals surface area contributed by atoms with Crippen LogP contribution in [0.2, 0.25) is 0 Å². The number of aryl methyl sites for hydroxylation is 1. The molecule has 0 radical (unpaired) electrons. The van der Waals surface area contributed by atoms with Crippen LogP contribution in [0.1, 0.15) is 28.4 Å². The first kappa shape index (κ1) is 13.1. The molecule has 0 saturated heterocycles. The Labute approximate surface area is 112 Å². The van der Waals surface area contributed by atoms with Crippen molar-refractivity contribution in [1.82, 2.24) is 4.98 Å². The van der Waals surface area contributed by atoms with Crippen LogP contribution < -0.4 is 5.32 Å². The number of aromatic nitrogens is 1. The molecule has 2 rings (SSSR count). The van der Waals surface area contributed by atoms with E-state index in [4.69, 9.17) is 5.11 Å². The minimum Gasteiger partial charge on any atom is -0.478 e. The first-order valence-corrected chi connectivity index (χ1v) is 6.20. The molecule has 0 fully saturated rings. The lowest BCUT2D eigenvalue weighted by atomic mass is 10.1. The first-order chi connectivity index (χ1) is 9.20. The highest BCUT2D eigenvalue weighted by molar-refractivity contribution is 5.92. The number of benzene rings is 1. The molecule has 4 nitrogen and oxygen atoms in total. The minimum absolute atomic E-state index is 0.188. The summed E-state index contributed by atoms with van der Waals surface area (Å²) in [5, 5.41) is 12.1. The second-order valence-corrected chi connectivity index (χ2v) is 4.23. The molecule has 0 unspecified atom stereocenters. The van der Waals surface area contributed by atoms with Crippen LogP contribution in [0.15, 0.2) is 42.6 Å². The molecule has 0 aliphatic carbocycles. The topological polar surface area (TPSA) is 62.2 Å². The van der Waals surface area contributed by atoms with Gasteiger partial charge in [-0.1, -0.05) is 31.2 Å². The lowest BCUT2D eigenvalue weighted by molar-refractivity contribution is 0.0697. The minimum atomic E-state index is -0.975. The Morgan fingerprint density at radius 2 is 1.89 bits per heavy atom. The molecule has 98 valence electrons. The first-order valence-electron chi connectivity index (χ1n) is 6.20. The highest BCUT2D eigenvalue weighted by Crippen LogP contribution is 2.13. The van der Waals surface area contributed by atoms with Crippen LogP contribution in [0.25, 0.3) is 0 Å². The smallest absolute Gasteiger partial charge is 0.339 e. The molecular formula is C15H16N2O2. The Kier molecular flexibility index (Phi) is 4.13. The Balaban J connectivity index is 2.07. The lowest BCUT2D eigenvalue weighted by Crippen LogP contribution is -2.08. The number of anilines is 1. The van der Waals surface area contributed by atoms with Crippen LogP contribution in [0.5, 0.6) is 0 Å². The van der Waals surface area contributed by atoms with E-state index in [0.717, 1.165) is 12.0 Å². The lowest BCUT2D eigenvalue weighted by Gasteiger charge is -2.08. The van der Waals surface area contributed by atoms with E-state index in [1.165, 1.54) is 11.6 Å². The summed E-state index contributed by atoms with van der Waals surface area (Å²) in [6, 6.07) is 11.4. The predicted molar refractivity (Wildman–Crippen MR) is 74.3 cm³/mol. The fraction of sp³-hybridized carbons (Fsp3) is 0.200. The van der Waals surface area contributed by atoms with Crippen molar-refractivity contribution in [2.45, 2.75) is 19.9 Å².